The number of nitriles is 1. The van der Waals surface area contributed by atoms with Crippen molar-refractivity contribution in [2.45, 2.75) is 18.8 Å². The van der Waals surface area contributed by atoms with Crippen LogP contribution in [-0.4, -0.2) is 4.98 Å². The molecule has 2 rings (SSSR count). The van der Waals surface area contributed by atoms with Crippen molar-refractivity contribution in [3.05, 3.63) is 64.4 Å². The fraction of sp³-hybridized carbons (Fsp3) is 0.200. The average molecular weight is 301 g/mol. The molecule has 0 spiro atoms. The molecule has 1 unspecified atom stereocenters. The summed E-state index contributed by atoms with van der Waals surface area (Å²) >= 11 is 3.44. The molecule has 1 aromatic carbocycles. The highest BCUT2D eigenvalue weighted by Gasteiger charge is 2.10. The van der Waals surface area contributed by atoms with Gasteiger partial charge in [0.1, 0.15) is 0 Å². The molecule has 90 valence electrons. The molecular weight excluding hydrogens is 288 g/mol. The lowest BCUT2D eigenvalue weighted by atomic mass is 9.94. The molecular formula is C15H13BrN2. The maximum absolute atomic E-state index is 9.27. The van der Waals surface area contributed by atoms with Crippen LogP contribution in [0.15, 0.2) is 53.3 Å². The first-order chi connectivity index (χ1) is 8.79. The topological polar surface area (TPSA) is 36.7 Å². The standard InChI is InChI=1S/C15H13BrN2/c16-15-3-1-2-13(10-15)14(11-17)5-4-12-6-8-18-9-7-12/h1-3,6-10,14H,4-5H2. The van der Waals surface area contributed by atoms with Crippen LogP contribution in [-0.2, 0) is 6.42 Å². The highest BCUT2D eigenvalue weighted by molar-refractivity contribution is 9.10. The van der Waals surface area contributed by atoms with E-state index in [1.165, 1.54) is 5.56 Å². The molecule has 1 atom stereocenters. The SMILES string of the molecule is N#CC(CCc1ccncc1)c1cccc(Br)c1. The molecule has 0 N–H and O–H groups in total. The predicted molar refractivity (Wildman–Crippen MR) is 75.1 cm³/mol. The van der Waals surface area contributed by atoms with E-state index in [0.717, 1.165) is 22.9 Å². The largest absolute Gasteiger partial charge is 0.265 e. The van der Waals surface area contributed by atoms with Crippen LogP contribution in [0.2, 0.25) is 0 Å². The molecule has 0 fully saturated rings. The maximum atomic E-state index is 9.27. The Labute approximate surface area is 115 Å². The zero-order chi connectivity index (χ0) is 12.8. The summed E-state index contributed by atoms with van der Waals surface area (Å²) in [6.45, 7) is 0. The van der Waals surface area contributed by atoms with E-state index in [2.05, 4.69) is 27.0 Å². The van der Waals surface area contributed by atoms with Gasteiger partial charge in [-0.1, -0.05) is 28.1 Å². The molecule has 3 heteroatoms. The van der Waals surface area contributed by atoms with Crippen molar-refractivity contribution < 1.29 is 0 Å². The molecule has 0 saturated heterocycles. The van der Waals surface area contributed by atoms with Gasteiger partial charge >= 0.3 is 0 Å². The molecule has 0 radical (unpaired) electrons. The number of nitrogens with zero attached hydrogens (tertiary/aromatic N) is 2. The second-order valence-corrected chi connectivity index (χ2v) is 5.05. The van der Waals surface area contributed by atoms with Crippen molar-refractivity contribution >= 4 is 15.9 Å². The van der Waals surface area contributed by atoms with Crippen LogP contribution in [0.3, 0.4) is 0 Å². The first-order valence-corrected chi connectivity index (χ1v) is 6.63. The summed E-state index contributed by atoms with van der Waals surface area (Å²) in [6, 6.07) is 14.3. The Balaban J connectivity index is 2.05. The van der Waals surface area contributed by atoms with E-state index in [1.54, 1.807) is 12.4 Å². The summed E-state index contributed by atoms with van der Waals surface area (Å²) in [4.78, 5) is 3.99. The fourth-order valence-electron chi connectivity index (χ4n) is 1.89. The van der Waals surface area contributed by atoms with E-state index < -0.39 is 0 Å². The van der Waals surface area contributed by atoms with Crippen molar-refractivity contribution in [3.8, 4) is 6.07 Å². The van der Waals surface area contributed by atoms with Crippen LogP contribution in [0.25, 0.3) is 0 Å². The molecule has 0 bridgehead atoms. The molecule has 0 aliphatic carbocycles. The van der Waals surface area contributed by atoms with Gasteiger partial charge in [-0.05, 0) is 48.2 Å². The van der Waals surface area contributed by atoms with E-state index in [1.807, 2.05) is 36.4 Å². The van der Waals surface area contributed by atoms with Gasteiger partial charge in [0, 0.05) is 16.9 Å². The zero-order valence-electron chi connectivity index (χ0n) is 9.88. The van der Waals surface area contributed by atoms with Crippen molar-refractivity contribution in [2.75, 3.05) is 0 Å². The van der Waals surface area contributed by atoms with E-state index >= 15 is 0 Å². The van der Waals surface area contributed by atoms with Gasteiger partial charge in [0.05, 0.1) is 12.0 Å². The van der Waals surface area contributed by atoms with E-state index in [-0.39, 0.29) is 5.92 Å². The Bertz CT molecular complexity index is 546. The van der Waals surface area contributed by atoms with Gasteiger partial charge in [0.25, 0.3) is 0 Å². The monoisotopic (exact) mass is 300 g/mol. The summed E-state index contributed by atoms with van der Waals surface area (Å²) in [7, 11) is 0. The number of hydrogen-bond donors (Lipinski definition) is 0. The minimum atomic E-state index is -0.0596. The molecule has 1 heterocycles. The number of aryl methyl sites for hydroxylation is 1. The smallest absolute Gasteiger partial charge is 0.0716 e. The molecule has 0 amide bonds. The minimum Gasteiger partial charge on any atom is -0.265 e. The van der Waals surface area contributed by atoms with E-state index in [9.17, 15) is 5.26 Å². The number of aromatic nitrogens is 1. The molecule has 0 aliphatic rings. The van der Waals surface area contributed by atoms with Gasteiger partial charge < -0.3 is 0 Å². The predicted octanol–water partition coefficient (Wildman–Crippen LogP) is 4.08. The number of rotatable bonds is 4. The van der Waals surface area contributed by atoms with Crippen LogP contribution in [0.5, 0.6) is 0 Å². The van der Waals surface area contributed by atoms with Crippen molar-refractivity contribution in [1.82, 2.24) is 4.98 Å². The highest BCUT2D eigenvalue weighted by Crippen LogP contribution is 2.23. The molecule has 2 aromatic rings. The Morgan fingerprint density at radius 1 is 1.22 bits per heavy atom. The summed E-state index contributed by atoms with van der Waals surface area (Å²) in [6.07, 6.45) is 5.30. The van der Waals surface area contributed by atoms with Crippen LogP contribution < -0.4 is 0 Å². The first-order valence-electron chi connectivity index (χ1n) is 5.83. The zero-order valence-corrected chi connectivity index (χ0v) is 11.5. The average Bonchev–Trinajstić information content (AvgIpc) is 2.41. The second-order valence-electron chi connectivity index (χ2n) is 4.13. The lowest BCUT2D eigenvalue weighted by molar-refractivity contribution is 0.745. The Morgan fingerprint density at radius 2 is 2.00 bits per heavy atom. The Morgan fingerprint density at radius 3 is 2.67 bits per heavy atom. The van der Waals surface area contributed by atoms with Crippen molar-refractivity contribution in [1.29, 1.82) is 5.26 Å². The molecule has 0 saturated carbocycles. The molecule has 18 heavy (non-hydrogen) atoms. The van der Waals surface area contributed by atoms with Crippen LogP contribution in [0.1, 0.15) is 23.5 Å². The van der Waals surface area contributed by atoms with Gasteiger partial charge in [-0.2, -0.15) is 5.26 Å². The summed E-state index contributed by atoms with van der Waals surface area (Å²) in [5.74, 6) is -0.0596. The number of pyridine rings is 1. The number of hydrogen-bond acceptors (Lipinski definition) is 2. The van der Waals surface area contributed by atoms with Crippen molar-refractivity contribution in [2.24, 2.45) is 0 Å². The number of benzene rings is 1. The highest BCUT2D eigenvalue weighted by atomic mass is 79.9. The van der Waals surface area contributed by atoms with Crippen LogP contribution in [0, 0.1) is 11.3 Å². The van der Waals surface area contributed by atoms with Crippen molar-refractivity contribution in [3.63, 3.8) is 0 Å². The van der Waals surface area contributed by atoms with Crippen LogP contribution in [0.4, 0.5) is 0 Å². The summed E-state index contributed by atoms with van der Waals surface area (Å²) in [5.41, 5.74) is 2.29. The van der Waals surface area contributed by atoms with Crippen LogP contribution >= 0.6 is 15.9 Å². The third-order valence-electron chi connectivity index (χ3n) is 2.88. The van der Waals surface area contributed by atoms with Gasteiger partial charge in [-0.15, -0.1) is 0 Å². The normalized spacial score (nSPS) is 11.8. The summed E-state index contributed by atoms with van der Waals surface area (Å²) < 4.78 is 1.02. The van der Waals surface area contributed by atoms with Gasteiger partial charge in [0.2, 0.25) is 0 Å². The quantitative estimate of drug-likeness (QED) is 0.853. The fourth-order valence-corrected chi connectivity index (χ4v) is 2.31. The van der Waals surface area contributed by atoms with Gasteiger partial charge in [-0.25, -0.2) is 0 Å². The third-order valence-corrected chi connectivity index (χ3v) is 3.37. The second kappa shape index (κ2) is 6.32. The van der Waals surface area contributed by atoms with E-state index in [0.29, 0.717) is 0 Å². The lowest BCUT2D eigenvalue weighted by Gasteiger charge is -2.09. The molecule has 0 aliphatic heterocycles. The summed E-state index contributed by atoms with van der Waals surface area (Å²) in [5, 5.41) is 9.27. The molecule has 1 aromatic heterocycles. The first kappa shape index (κ1) is 12.8. The maximum Gasteiger partial charge on any atom is 0.0716 e. The third kappa shape index (κ3) is 3.41. The molecule has 2 nitrogen and oxygen atoms in total. The Hall–Kier alpha value is -1.66. The van der Waals surface area contributed by atoms with E-state index in [4.69, 9.17) is 0 Å². The van der Waals surface area contributed by atoms with Gasteiger partial charge in [-0.3, -0.25) is 4.98 Å². The number of halogens is 1. The van der Waals surface area contributed by atoms with Gasteiger partial charge in [0.15, 0.2) is 0 Å². The Kier molecular flexibility index (Phi) is 4.49. The lowest BCUT2D eigenvalue weighted by Crippen LogP contribution is -1.98. The minimum absolute atomic E-state index is 0.0596.